The molecule has 5 heteroatoms. The van der Waals surface area contributed by atoms with E-state index in [4.69, 9.17) is 4.74 Å². The minimum Gasteiger partial charge on any atom is -0.462 e. The second-order valence-electron chi connectivity index (χ2n) is 5.99. The summed E-state index contributed by atoms with van der Waals surface area (Å²) in [6, 6.07) is 0. The molecule has 0 N–H and O–H groups in total. The predicted molar refractivity (Wildman–Crippen MR) is 75.3 cm³/mol. The molecule has 5 nitrogen and oxygen atoms in total. The summed E-state index contributed by atoms with van der Waals surface area (Å²) in [6.45, 7) is 5.37. The topological polar surface area (TPSA) is 47.4 Å². The molecule has 1 aliphatic carbocycles. The largest absolute Gasteiger partial charge is 0.462 e. The van der Waals surface area contributed by atoms with Gasteiger partial charge in [0.1, 0.15) is 5.56 Å². The van der Waals surface area contributed by atoms with Crippen LogP contribution in [0.4, 0.5) is 0 Å². The summed E-state index contributed by atoms with van der Waals surface area (Å²) in [5.41, 5.74) is 1.59. The Hall–Kier alpha value is -1.36. The van der Waals surface area contributed by atoms with Crippen LogP contribution in [-0.2, 0) is 18.3 Å². The van der Waals surface area contributed by atoms with Crippen molar-refractivity contribution in [3.05, 3.63) is 17.5 Å². The fraction of sp³-hybridized carbons (Fsp3) is 0.733. The lowest BCUT2D eigenvalue weighted by Gasteiger charge is -2.17. The van der Waals surface area contributed by atoms with Crippen LogP contribution < -0.4 is 0 Å². The van der Waals surface area contributed by atoms with Gasteiger partial charge in [0.15, 0.2) is 0 Å². The molecule has 0 aromatic carbocycles. The maximum atomic E-state index is 12.0. The molecule has 0 bridgehead atoms. The molecular formula is C15H23N3O2. The average molecular weight is 277 g/mol. The molecule has 0 spiro atoms. The van der Waals surface area contributed by atoms with Gasteiger partial charge in [0.05, 0.1) is 18.5 Å². The van der Waals surface area contributed by atoms with Gasteiger partial charge in [-0.1, -0.05) is 6.42 Å². The van der Waals surface area contributed by atoms with E-state index in [9.17, 15) is 4.79 Å². The monoisotopic (exact) mass is 277 g/mol. The molecule has 1 aliphatic heterocycles. The van der Waals surface area contributed by atoms with Crippen LogP contribution >= 0.6 is 0 Å². The quantitative estimate of drug-likeness (QED) is 0.788. The van der Waals surface area contributed by atoms with E-state index in [1.54, 1.807) is 10.9 Å². The molecule has 2 fully saturated rings. The number of carbonyl (C=O) groups excluding carboxylic acids is 1. The molecule has 1 saturated heterocycles. The van der Waals surface area contributed by atoms with E-state index in [0.717, 1.165) is 37.2 Å². The van der Waals surface area contributed by atoms with Gasteiger partial charge in [-0.05, 0) is 31.6 Å². The van der Waals surface area contributed by atoms with Crippen molar-refractivity contribution >= 4 is 5.97 Å². The van der Waals surface area contributed by atoms with Crippen molar-refractivity contribution in [3.63, 3.8) is 0 Å². The van der Waals surface area contributed by atoms with Crippen molar-refractivity contribution in [3.8, 4) is 0 Å². The number of hydrogen-bond donors (Lipinski definition) is 0. The highest BCUT2D eigenvalue weighted by molar-refractivity contribution is 5.90. The molecule has 2 unspecified atom stereocenters. The van der Waals surface area contributed by atoms with E-state index in [-0.39, 0.29) is 5.97 Å². The van der Waals surface area contributed by atoms with E-state index in [2.05, 4.69) is 10.00 Å². The summed E-state index contributed by atoms with van der Waals surface area (Å²) in [7, 11) is 1.90. The van der Waals surface area contributed by atoms with Crippen LogP contribution in [0.1, 0.15) is 42.2 Å². The van der Waals surface area contributed by atoms with E-state index in [1.165, 1.54) is 19.3 Å². The first-order chi connectivity index (χ1) is 9.69. The van der Waals surface area contributed by atoms with Gasteiger partial charge in [-0.15, -0.1) is 0 Å². The number of fused-ring (bicyclic) bond motifs is 1. The number of aryl methyl sites for hydroxylation is 1. The van der Waals surface area contributed by atoms with E-state index in [1.807, 2.05) is 14.0 Å². The van der Waals surface area contributed by atoms with Crippen molar-refractivity contribution in [2.45, 2.75) is 32.7 Å². The molecular weight excluding hydrogens is 254 g/mol. The van der Waals surface area contributed by atoms with Crippen LogP contribution in [0.15, 0.2) is 6.20 Å². The number of esters is 1. The Morgan fingerprint density at radius 2 is 2.10 bits per heavy atom. The first-order valence-electron chi connectivity index (χ1n) is 7.59. The van der Waals surface area contributed by atoms with Crippen molar-refractivity contribution in [1.82, 2.24) is 14.7 Å². The zero-order valence-corrected chi connectivity index (χ0v) is 12.3. The minimum absolute atomic E-state index is 0.255. The van der Waals surface area contributed by atoms with Gasteiger partial charge < -0.3 is 4.74 Å². The SMILES string of the molecule is CCOC(=O)c1cnn(C)c1CN1CC2CCCC2C1. The summed E-state index contributed by atoms with van der Waals surface area (Å²) in [5.74, 6) is 1.48. The molecule has 1 saturated carbocycles. The van der Waals surface area contributed by atoms with Gasteiger partial charge in [0, 0.05) is 26.7 Å². The normalized spacial score (nSPS) is 25.9. The standard InChI is InChI=1S/C15H23N3O2/c1-3-20-15(19)13-7-16-17(2)14(13)10-18-8-11-5-4-6-12(11)9-18/h7,11-12H,3-6,8-10H2,1-2H3. The molecule has 3 rings (SSSR count). The summed E-state index contributed by atoms with van der Waals surface area (Å²) < 4.78 is 6.92. The Balaban J connectivity index is 1.71. The number of aromatic nitrogens is 2. The highest BCUT2D eigenvalue weighted by Crippen LogP contribution is 2.38. The smallest absolute Gasteiger partial charge is 0.341 e. The van der Waals surface area contributed by atoms with Gasteiger partial charge in [0.25, 0.3) is 0 Å². The third kappa shape index (κ3) is 2.46. The van der Waals surface area contributed by atoms with E-state index >= 15 is 0 Å². The number of ether oxygens (including phenoxy) is 1. The van der Waals surface area contributed by atoms with Crippen LogP contribution in [0, 0.1) is 11.8 Å². The lowest BCUT2D eigenvalue weighted by Crippen LogP contribution is -2.24. The molecule has 2 aliphatic rings. The Labute approximate surface area is 119 Å². The van der Waals surface area contributed by atoms with Crippen LogP contribution in [0.5, 0.6) is 0 Å². The zero-order chi connectivity index (χ0) is 14.1. The second kappa shape index (κ2) is 5.56. The first-order valence-corrected chi connectivity index (χ1v) is 7.59. The fourth-order valence-corrected chi connectivity index (χ4v) is 3.70. The summed E-state index contributed by atoms with van der Waals surface area (Å²) in [6.07, 6.45) is 5.77. The summed E-state index contributed by atoms with van der Waals surface area (Å²) in [5, 5.41) is 4.22. The number of hydrogen-bond acceptors (Lipinski definition) is 4. The number of rotatable bonds is 4. The Kier molecular flexibility index (Phi) is 3.78. The lowest BCUT2D eigenvalue weighted by atomic mass is 10.0. The highest BCUT2D eigenvalue weighted by Gasteiger charge is 2.36. The third-order valence-electron chi connectivity index (χ3n) is 4.73. The van der Waals surface area contributed by atoms with E-state index in [0.29, 0.717) is 12.2 Å². The maximum Gasteiger partial charge on any atom is 0.341 e. The first kappa shape index (κ1) is 13.6. The molecule has 2 heterocycles. The third-order valence-corrected chi connectivity index (χ3v) is 4.73. The average Bonchev–Trinajstić information content (AvgIpc) is 3.06. The van der Waals surface area contributed by atoms with Gasteiger partial charge in [0.2, 0.25) is 0 Å². The van der Waals surface area contributed by atoms with E-state index < -0.39 is 0 Å². The highest BCUT2D eigenvalue weighted by atomic mass is 16.5. The second-order valence-corrected chi connectivity index (χ2v) is 5.99. The predicted octanol–water partition coefficient (Wildman–Crippen LogP) is 1.83. The van der Waals surface area contributed by atoms with Gasteiger partial charge in [-0.3, -0.25) is 9.58 Å². The Bertz CT molecular complexity index is 485. The zero-order valence-electron chi connectivity index (χ0n) is 12.3. The van der Waals surface area contributed by atoms with Crippen molar-refractivity contribution < 1.29 is 9.53 Å². The van der Waals surface area contributed by atoms with Crippen molar-refractivity contribution in [2.75, 3.05) is 19.7 Å². The Morgan fingerprint density at radius 3 is 2.75 bits per heavy atom. The summed E-state index contributed by atoms with van der Waals surface area (Å²) in [4.78, 5) is 14.4. The summed E-state index contributed by atoms with van der Waals surface area (Å²) >= 11 is 0. The molecule has 110 valence electrons. The minimum atomic E-state index is -0.255. The number of likely N-dealkylation sites (tertiary alicyclic amines) is 1. The number of nitrogens with zero attached hydrogens (tertiary/aromatic N) is 3. The number of carbonyl (C=O) groups is 1. The molecule has 1 aromatic rings. The van der Waals surface area contributed by atoms with Gasteiger partial charge in [-0.2, -0.15) is 5.10 Å². The molecule has 0 radical (unpaired) electrons. The fourth-order valence-electron chi connectivity index (χ4n) is 3.70. The van der Waals surface area contributed by atoms with Crippen LogP contribution in [0.3, 0.4) is 0 Å². The Morgan fingerprint density at radius 1 is 1.40 bits per heavy atom. The van der Waals surface area contributed by atoms with Crippen LogP contribution in [-0.4, -0.2) is 40.3 Å². The van der Waals surface area contributed by atoms with Crippen LogP contribution in [0.25, 0.3) is 0 Å². The van der Waals surface area contributed by atoms with Crippen molar-refractivity contribution in [1.29, 1.82) is 0 Å². The van der Waals surface area contributed by atoms with Crippen LogP contribution in [0.2, 0.25) is 0 Å². The maximum absolute atomic E-state index is 12.0. The molecule has 2 atom stereocenters. The molecule has 1 aromatic heterocycles. The molecule has 20 heavy (non-hydrogen) atoms. The molecule has 0 amide bonds. The van der Waals surface area contributed by atoms with Crippen molar-refractivity contribution in [2.24, 2.45) is 18.9 Å². The lowest BCUT2D eigenvalue weighted by molar-refractivity contribution is 0.0523. The van der Waals surface area contributed by atoms with Gasteiger partial charge in [-0.25, -0.2) is 4.79 Å². The van der Waals surface area contributed by atoms with Gasteiger partial charge >= 0.3 is 5.97 Å².